The molecule has 1 aliphatic rings. The zero-order valence-electron chi connectivity index (χ0n) is 12.3. The van der Waals surface area contributed by atoms with Crippen molar-refractivity contribution in [2.75, 3.05) is 18.0 Å². The Bertz CT molecular complexity index is 785. The Kier molecular flexibility index (Phi) is 5.33. The van der Waals surface area contributed by atoms with Gasteiger partial charge < -0.3 is 0 Å². The van der Waals surface area contributed by atoms with Crippen molar-refractivity contribution < 1.29 is 18.0 Å². The summed E-state index contributed by atoms with van der Waals surface area (Å²) in [4.78, 5) is 17.0. The van der Waals surface area contributed by atoms with Gasteiger partial charge in [0.05, 0.1) is 22.4 Å². The maximum Gasteiger partial charge on any atom is 0.252 e. The molecule has 1 N–H and O–H groups in total. The summed E-state index contributed by atoms with van der Waals surface area (Å²) in [5.74, 6) is 0.156. The minimum Gasteiger partial charge on any atom is -0.276 e. The molecule has 0 saturated heterocycles. The molecule has 0 aromatic heterocycles. The van der Waals surface area contributed by atoms with Crippen molar-refractivity contribution in [1.29, 1.82) is 0 Å². The van der Waals surface area contributed by atoms with Crippen LogP contribution in [0.5, 0.6) is 0 Å². The second-order valence-electron chi connectivity index (χ2n) is 5.25. The van der Waals surface area contributed by atoms with Crippen molar-refractivity contribution in [2.45, 2.75) is 17.4 Å². The molecule has 1 aromatic carbocycles. The van der Waals surface area contributed by atoms with Gasteiger partial charge in [0.1, 0.15) is 5.60 Å². The summed E-state index contributed by atoms with van der Waals surface area (Å²) in [6.45, 7) is 1.61. The van der Waals surface area contributed by atoms with Crippen LogP contribution in [0.15, 0.2) is 23.1 Å². The van der Waals surface area contributed by atoms with Gasteiger partial charge >= 0.3 is 0 Å². The number of alkyl halides is 2. The van der Waals surface area contributed by atoms with Gasteiger partial charge in [0.25, 0.3) is 5.24 Å². The first kappa shape index (κ1) is 18.5. The number of carbonyl (C=O) groups is 1. The average molecular weight is 399 g/mol. The molecule has 0 spiro atoms. The number of rotatable bonds is 5. The molecule has 0 radical (unpaired) electrons. The van der Waals surface area contributed by atoms with Crippen LogP contribution in [0.4, 0.5) is 0 Å². The highest BCUT2D eigenvalue weighted by Crippen LogP contribution is 2.34. The number of hydroxylamine groups is 1. The predicted molar refractivity (Wildman–Crippen MR) is 90.8 cm³/mol. The van der Waals surface area contributed by atoms with E-state index >= 15 is 0 Å². The first-order chi connectivity index (χ1) is 10.6. The second kappa shape index (κ2) is 6.61. The molecule has 0 fully saturated rings. The van der Waals surface area contributed by atoms with Gasteiger partial charge in [-0.25, -0.2) is 8.42 Å². The third-order valence-corrected chi connectivity index (χ3v) is 5.78. The van der Waals surface area contributed by atoms with Gasteiger partial charge in [0, 0.05) is 17.4 Å². The fourth-order valence-corrected chi connectivity index (χ4v) is 4.02. The van der Waals surface area contributed by atoms with Crippen LogP contribution in [-0.2, 0) is 14.7 Å². The fourth-order valence-electron chi connectivity index (χ4n) is 2.31. The van der Waals surface area contributed by atoms with Crippen molar-refractivity contribution in [3.05, 3.63) is 34.9 Å². The maximum absolute atomic E-state index is 12.1. The summed E-state index contributed by atoms with van der Waals surface area (Å²) in [5.41, 5.74) is 3.04. The third kappa shape index (κ3) is 3.51. The number of hydrogen-bond donors (Lipinski definition) is 1. The zero-order valence-corrected chi connectivity index (χ0v) is 15.4. The second-order valence-corrected chi connectivity index (χ2v) is 8.11. The van der Waals surface area contributed by atoms with E-state index in [1.807, 2.05) is 0 Å². The summed E-state index contributed by atoms with van der Waals surface area (Å²) < 4.78 is 24.2. The number of nitrogens with one attached hydrogen (secondary N) is 1. The Labute approximate surface area is 149 Å². The summed E-state index contributed by atoms with van der Waals surface area (Å²) in [6, 6.07) is 2.73. The molecule has 9 heteroatoms. The summed E-state index contributed by atoms with van der Waals surface area (Å²) >= 11 is 17.3. The molecule has 0 unspecified atom stereocenters. The lowest BCUT2D eigenvalue weighted by Crippen LogP contribution is -2.33. The summed E-state index contributed by atoms with van der Waals surface area (Å²) in [6.07, 6.45) is 2.70. The predicted octanol–water partition coefficient (Wildman–Crippen LogP) is 2.87. The molecule has 126 valence electrons. The monoisotopic (exact) mass is 397 g/mol. The largest absolute Gasteiger partial charge is 0.276 e. The first-order valence-electron chi connectivity index (χ1n) is 6.48. The van der Waals surface area contributed by atoms with Crippen LogP contribution in [0, 0.1) is 6.92 Å². The van der Waals surface area contributed by atoms with Crippen LogP contribution < -0.4 is 5.48 Å². The van der Waals surface area contributed by atoms with E-state index in [1.165, 1.54) is 12.1 Å². The van der Waals surface area contributed by atoms with Crippen molar-refractivity contribution in [2.24, 2.45) is 0 Å². The number of halogens is 3. The minimum atomic E-state index is -3.54. The Morgan fingerprint density at radius 2 is 1.91 bits per heavy atom. The molecule has 1 aliphatic heterocycles. The maximum atomic E-state index is 12.1. The van der Waals surface area contributed by atoms with E-state index in [0.29, 0.717) is 16.8 Å². The van der Waals surface area contributed by atoms with Gasteiger partial charge in [-0.2, -0.15) is 0 Å². The van der Waals surface area contributed by atoms with E-state index in [1.54, 1.807) is 13.0 Å². The van der Waals surface area contributed by atoms with Gasteiger partial charge in [-0.1, -0.05) is 0 Å². The Morgan fingerprint density at radius 1 is 1.30 bits per heavy atom. The van der Waals surface area contributed by atoms with Crippen LogP contribution >= 0.6 is 34.8 Å². The SMILES string of the molecule is Cc1c(C(=O)Cl)ccc(S(C)(=O)=O)c1C1=CC(CCl)(CCl)ON1. The highest BCUT2D eigenvalue weighted by molar-refractivity contribution is 7.90. The first-order valence-corrected chi connectivity index (χ1v) is 9.82. The van der Waals surface area contributed by atoms with E-state index in [-0.39, 0.29) is 22.2 Å². The highest BCUT2D eigenvalue weighted by Gasteiger charge is 2.36. The number of sulfone groups is 1. The van der Waals surface area contributed by atoms with Gasteiger partial charge in [-0.05, 0) is 42.3 Å². The van der Waals surface area contributed by atoms with E-state index in [2.05, 4.69) is 5.48 Å². The van der Waals surface area contributed by atoms with Crippen LogP contribution in [0.25, 0.3) is 5.70 Å². The molecule has 0 atom stereocenters. The lowest BCUT2D eigenvalue weighted by Gasteiger charge is -2.18. The summed E-state index contributed by atoms with van der Waals surface area (Å²) in [5, 5.41) is -0.677. The molecule has 1 heterocycles. The normalized spacial score (nSPS) is 16.8. The van der Waals surface area contributed by atoms with E-state index in [9.17, 15) is 13.2 Å². The minimum absolute atomic E-state index is 0.0546. The molecule has 0 saturated carbocycles. The molecular weight excluding hydrogens is 385 g/mol. The molecule has 0 aliphatic carbocycles. The highest BCUT2D eigenvalue weighted by atomic mass is 35.5. The quantitative estimate of drug-likeness (QED) is 0.610. The van der Waals surface area contributed by atoms with Gasteiger partial charge in [0.15, 0.2) is 9.84 Å². The van der Waals surface area contributed by atoms with Gasteiger partial charge in [-0.3, -0.25) is 15.1 Å². The summed E-state index contributed by atoms with van der Waals surface area (Å²) in [7, 11) is -3.54. The van der Waals surface area contributed by atoms with Crippen molar-refractivity contribution in [3.63, 3.8) is 0 Å². The molecule has 0 bridgehead atoms. The Balaban J connectivity index is 2.75. The fraction of sp³-hybridized carbons (Fsp3) is 0.357. The number of hydrogen-bond acceptors (Lipinski definition) is 5. The smallest absolute Gasteiger partial charge is 0.252 e. The molecule has 1 aromatic rings. The van der Waals surface area contributed by atoms with Crippen LogP contribution in [0.3, 0.4) is 0 Å². The molecular formula is C14H14Cl3NO4S. The molecule has 23 heavy (non-hydrogen) atoms. The van der Waals surface area contributed by atoms with Crippen molar-refractivity contribution in [3.8, 4) is 0 Å². The Morgan fingerprint density at radius 3 is 2.35 bits per heavy atom. The third-order valence-electron chi connectivity index (χ3n) is 3.53. The molecule has 2 rings (SSSR count). The van der Waals surface area contributed by atoms with E-state index in [4.69, 9.17) is 39.6 Å². The topological polar surface area (TPSA) is 72.5 Å². The van der Waals surface area contributed by atoms with Gasteiger partial charge in [-0.15, -0.1) is 23.2 Å². The molecule has 0 amide bonds. The van der Waals surface area contributed by atoms with E-state index in [0.717, 1.165) is 6.26 Å². The van der Waals surface area contributed by atoms with Crippen LogP contribution in [0.1, 0.15) is 21.5 Å². The standard InChI is InChI=1S/C14H14Cl3NO4S/c1-8-9(13(17)19)3-4-11(23(2,20)21)12(8)10-5-14(6-15,7-16)22-18-10/h3-5,18H,6-7H2,1-2H3. The Hall–Kier alpha value is -0.790. The van der Waals surface area contributed by atoms with E-state index < -0.39 is 20.7 Å². The average Bonchev–Trinajstić information content (AvgIpc) is 2.90. The lowest BCUT2D eigenvalue weighted by molar-refractivity contribution is -0.00367. The molecule has 5 nitrogen and oxygen atoms in total. The van der Waals surface area contributed by atoms with Crippen molar-refractivity contribution >= 4 is 55.6 Å². The zero-order chi connectivity index (χ0) is 17.4. The van der Waals surface area contributed by atoms with Crippen LogP contribution in [-0.4, -0.2) is 37.3 Å². The number of benzene rings is 1. The van der Waals surface area contributed by atoms with Crippen molar-refractivity contribution in [1.82, 2.24) is 5.48 Å². The van der Waals surface area contributed by atoms with Crippen LogP contribution in [0.2, 0.25) is 0 Å². The lowest BCUT2D eigenvalue weighted by atomic mass is 9.98. The number of carbonyl (C=O) groups excluding carboxylic acids is 1. The van der Waals surface area contributed by atoms with Gasteiger partial charge in [0.2, 0.25) is 0 Å².